The molecule has 7 heterocycles. The first kappa shape index (κ1) is 63.0. The van der Waals surface area contributed by atoms with Gasteiger partial charge in [-0.05, 0) is 123 Å². The van der Waals surface area contributed by atoms with E-state index in [0.29, 0.717) is 41.7 Å². The average Bonchev–Trinajstić information content (AvgIpc) is 1.58. The molecule has 0 radical (unpaired) electrons. The molecule has 4 saturated carbocycles. The van der Waals surface area contributed by atoms with E-state index in [-0.39, 0.29) is 136 Å². The maximum Gasteiger partial charge on any atom is 0.225 e. The van der Waals surface area contributed by atoms with E-state index in [9.17, 15) is 42.9 Å². The van der Waals surface area contributed by atoms with Crippen LogP contribution in [0.15, 0.2) is 41.8 Å². The number of rotatable bonds is 11. The number of halogens is 2. The Balaban J connectivity index is 0.000000118. The number of imidazole rings is 1. The molecule has 0 spiro atoms. The predicted molar refractivity (Wildman–Crippen MR) is 294 cm³/mol. The minimum absolute atomic E-state index is 0.00388. The lowest BCUT2D eigenvalue weighted by Crippen LogP contribution is -2.43. The molecular weight excluding hydrogens is 1210 g/mol. The first-order valence-corrected chi connectivity index (χ1v) is 32.7. The van der Waals surface area contributed by atoms with Crippen molar-refractivity contribution < 1.29 is 90.3 Å². The Bertz CT molecular complexity index is 2990. The number of aromatic nitrogens is 4. The van der Waals surface area contributed by atoms with Crippen LogP contribution >= 0.6 is 65.5 Å². The largest absolute Gasteiger partial charge is 0.390 e. The van der Waals surface area contributed by atoms with Gasteiger partial charge in [0.15, 0.2) is 93.9 Å². The topological polar surface area (TPSA) is 299 Å². The summed E-state index contributed by atoms with van der Waals surface area (Å²) in [6, 6.07) is -0.0134. The first-order valence-electron chi connectivity index (χ1n) is 26.9. The van der Waals surface area contributed by atoms with Crippen molar-refractivity contribution in [3.8, 4) is 0 Å². The molecule has 18 atom stereocenters. The van der Waals surface area contributed by atoms with E-state index in [0.717, 1.165) is 24.0 Å². The lowest BCUT2D eigenvalue weighted by molar-refractivity contribution is -0.166. The molecular formula is C52H67Cl2N4O19P5. The van der Waals surface area contributed by atoms with Gasteiger partial charge in [-0.3, -0.25) is 27.6 Å². The second-order valence-electron chi connectivity index (χ2n) is 24.9. The predicted octanol–water partition coefficient (Wildman–Crippen LogP) is 8.19. The molecule has 448 valence electrons. The van der Waals surface area contributed by atoms with Gasteiger partial charge < -0.3 is 67.3 Å². The van der Waals surface area contributed by atoms with Crippen LogP contribution in [0.4, 0.5) is 0 Å². The number of aliphatic hydroxyl groups is 3. The van der Waals surface area contributed by atoms with Crippen LogP contribution in [-0.2, 0) is 75.0 Å². The molecule has 2 aromatic heterocycles. The van der Waals surface area contributed by atoms with E-state index >= 15 is 0 Å². The second kappa shape index (κ2) is 22.9. The molecule has 1 unspecified atom stereocenters. The molecule has 9 fully saturated rings. The van der Waals surface area contributed by atoms with Crippen molar-refractivity contribution in [1.82, 2.24) is 19.5 Å². The summed E-state index contributed by atoms with van der Waals surface area (Å²) < 4.78 is 113. The van der Waals surface area contributed by atoms with E-state index in [1.807, 2.05) is 46.1 Å². The Morgan fingerprint density at radius 2 is 1.13 bits per heavy atom. The molecule has 12 aliphatic rings. The second-order valence-corrected chi connectivity index (χ2v) is 28.4. The van der Waals surface area contributed by atoms with Crippen molar-refractivity contribution in [1.29, 1.82) is 0 Å². The Kier molecular flexibility index (Phi) is 17.6. The number of hydrogen-bond donors (Lipinski definition) is 3. The summed E-state index contributed by atoms with van der Waals surface area (Å²) in [5.74, 6) is -2.90. The van der Waals surface area contributed by atoms with Crippen molar-refractivity contribution in [2.24, 2.45) is 22.7 Å². The third kappa shape index (κ3) is 11.9. The number of ether oxygens (including phenoxy) is 10. The molecule has 5 aliphatic heterocycles. The van der Waals surface area contributed by atoms with Crippen molar-refractivity contribution in [3.63, 3.8) is 0 Å². The molecule has 5 saturated heterocycles. The zero-order valence-corrected chi connectivity index (χ0v) is 52.6. The highest BCUT2D eigenvalue weighted by Crippen LogP contribution is 2.72. The van der Waals surface area contributed by atoms with Gasteiger partial charge in [0, 0.05) is 23.2 Å². The van der Waals surface area contributed by atoms with Gasteiger partial charge in [-0.15, -0.1) is 0 Å². The normalized spacial score (nSPS) is 42.1. The molecule has 7 aliphatic carbocycles. The zero-order chi connectivity index (χ0) is 59.5. The van der Waals surface area contributed by atoms with Gasteiger partial charge >= 0.3 is 0 Å². The average molecular weight is 1280 g/mol. The molecule has 14 rings (SSSR count). The number of carbonyl (C=O) groups excluding carboxylic acids is 1. The summed E-state index contributed by atoms with van der Waals surface area (Å²) in [7, 11) is 0.233. The van der Waals surface area contributed by atoms with Crippen LogP contribution in [0.2, 0.25) is 10.4 Å². The lowest BCUT2D eigenvalue weighted by Gasteiger charge is -2.26. The fourth-order valence-electron chi connectivity index (χ4n) is 13.6. The molecule has 3 N–H and O–H groups in total. The standard InChI is InChI=1S/C15H15Cl2N4O3P.C10H15O4P.C9H13O4P.C9H11O4P.C9H13O4P/c1-14(2)23-9-8(6-3-15(6,4-25-22)10(9)24-14)21-5-18-7-11(16)19-13(17)20-12(7)21;1-9(2)13-7-6(11)5-3-10(5,4-15-12)8(7)14-9;2*1-9(2)12-7-5(4-14-11)3-6(10)8(7)13-9;1-8(2)12-6-3-4-9(10,5-14-11)7(6)13-8/h5-6,8-10H,3-4H2,1-2H3;5-8,11H,3-4H2,1-2H3;3,6-8,10H,4H2,1-2H3;3,7-8H,4H2,1-2H3;3-4,6-7,10H,5H2,1-2H3/t6-,8-,9-,10?,15+;5-,6+,7+,8+,10+;6-,7+,8-;7-,8+;6-,7-,9+/m11010/s1. The van der Waals surface area contributed by atoms with E-state index < -0.39 is 59.0 Å². The van der Waals surface area contributed by atoms with Crippen molar-refractivity contribution in [2.75, 3.05) is 30.8 Å². The highest BCUT2D eigenvalue weighted by Gasteiger charge is 2.77. The van der Waals surface area contributed by atoms with Crippen molar-refractivity contribution in [3.05, 3.63) is 52.2 Å². The van der Waals surface area contributed by atoms with E-state index in [1.165, 1.54) is 6.08 Å². The van der Waals surface area contributed by atoms with Gasteiger partial charge in [-0.2, -0.15) is 4.98 Å². The highest BCUT2D eigenvalue weighted by molar-refractivity contribution is 7.24. The Labute approximate surface area is 491 Å². The highest BCUT2D eigenvalue weighted by atomic mass is 35.5. The smallest absolute Gasteiger partial charge is 0.225 e. The fraction of sp³-hybridized carbons (Fsp3) is 0.769. The SMILES string of the molecule is CC1(C)OC2[C@H](O1)[C@H](n1cnc3c(Cl)nc(Cl)nc31)[C@H]1C[C@@]21CP=O.CC1(C)O[C@@H]2C(CP=O)=CC(=O)[C@@H]2O1.CC1(C)O[C@@H]2[C@H](O1)C(CP=O)=C[C@@H]2O.CC1(C)O[C@H]2C=C[C@@](O)(CP=O)[C@H]2O1.CC1(C)O[C@H]2[C@@H](O)[C@H]3C[C@@]3(CP=O)[C@H]2O1. The minimum atomic E-state index is -1.15. The van der Waals surface area contributed by atoms with Gasteiger partial charge in [0.25, 0.3) is 0 Å². The first-order chi connectivity index (χ1) is 38.4. The van der Waals surface area contributed by atoms with Crippen LogP contribution in [0.1, 0.15) is 88.1 Å². The van der Waals surface area contributed by atoms with E-state index in [2.05, 4.69) is 15.0 Å². The van der Waals surface area contributed by atoms with Crippen molar-refractivity contribution in [2.45, 2.75) is 196 Å². The maximum atomic E-state index is 11.4. The summed E-state index contributed by atoms with van der Waals surface area (Å²) in [4.78, 5) is 24.1. The number of nitrogens with zero attached hydrogens (tertiary/aromatic N) is 4. The summed E-state index contributed by atoms with van der Waals surface area (Å²) >= 11 is 12.1. The number of hydrogen-bond acceptors (Lipinski definition) is 22. The summed E-state index contributed by atoms with van der Waals surface area (Å²) in [6.07, 6.45) is 8.43. The van der Waals surface area contributed by atoms with E-state index in [4.69, 9.17) is 70.6 Å². The van der Waals surface area contributed by atoms with Gasteiger partial charge in [-0.1, -0.05) is 29.8 Å². The monoisotopic (exact) mass is 1280 g/mol. The van der Waals surface area contributed by atoms with Crippen LogP contribution in [0.3, 0.4) is 0 Å². The molecule has 2 aromatic rings. The molecule has 0 aromatic carbocycles. The Morgan fingerprint density at radius 3 is 1.78 bits per heavy atom. The summed E-state index contributed by atoms with van der Waals surface area (Å²) in [6.45, 7) is 18.3. The number of carbonyl (C=O) groups is 1. The summed E-state index contributed by atoms with van der Waals surface area (Å²) in [5, 5.41) is 30.1. The van der Waals surface area contributed by atoms with Gasteiger partial charge in [0.05, 0.1) is 49.2 Å². The Morgan fingerprint density at radius 1 is 0.610 bits per heavy atom. The van der Waals surface area contributed by atoms with Crippen LogP contribution in [0.5, 0.6) is 0 Å². The summed E-state index contributed by atoms with van der Waals surface area (Å²) in [5.41, 5.74) is 1.38. The van der Waals surface area contributed by atoms with Crippen LogP contribution < -0.4 is 0 Å². The molecule has 82 heavy (non-hydrogen) atoms. The maximum absolute atomic E-state index is 11.4. The number of aliphatic hydroxyl groups excluding tert-OH is 2. The molecule has 23 nitrogen and oxygen atoms in total. The van der Waals surface area contributed by atoms with Crippen molar-refractivity contribution >= 4 is 82.4 Å². The van der Waals surface area contributed by atoms with Crippen LogP contribution in [0, 0.1) is 22.7 Å². The molecule has 30 heteroatoms. The Hall–Kier alpha value is -2.00. The third-order valence-electron chi connectivity index (χ3n) is 16.9. The minimum Gasteiger partial charge on any atom is -0.390 e. The molecule has 0 bridgehead atoms. The third-order valence-corrected chi connectivity index (χ3v) is 20.4. The zero-order valence-electron chi connectivity index (χ0n) is 46.7. The number of fused-ring (bicyclic) bond motifs is 10. The fourth-order valence-corrected chi connectivity index (χ4v) is 16.9. The van der Waals surface area contributed by atoms with Gasteiger partial charge in [0.1, 0.15) is 59.9 Å². The van der Waals surface area contributed by atoms with Crippen LogP contribution in [-0.4, -0.2) is 179 Å². The van der Waals surface area contributed by atoms with E-state index in [1.54, 1.807) is 52.3 Å². The lowest BCUT2D eigenvalue weighted by atomic mass is 10.0. The van der Waals surface area contributed by atoms with Crippen LogP contribution in [0.25, 0.3) is 11.2 Å². The van der Waals surface area contributed by atoms with Gasteiger partial charge in [0.2, 0.25) is 5.28 Å². The number of ketones is 1. The van der Waals surface area contributed by atoms with Gasteiger partial charge in [-0.25, -0.2) is 9.97 Å². The quantitative estimate of drug-likeness (QED) is 0.0826. The molecule has 0 amide bonds.